The number of ether oxygens (including phenoxy) is 1. The Labute approximate surface area is 93.9 Å². The summed E-state index contributed by atoms with van der Waals surface area (Å²) in [6.07, 6.45) is 3.56. The van der Waals surface area contributed by atoms with Crippen LogP contribution in [0, 0.1) is 5.41 Å². The van der Waals surface area contributed by atoms with Crippen LogP contribution in [-0.2, 0) is 9.57 Å². The molecule has 0 aromatic carbocycles. The molecule has 0 radical (unpaired) electrons. The summed E-state index contributed by atoms with van der Waals surface area (Å²) < 4.78 is 5.53. The van der Waals surface area contributed by atoms with Crippen LogP contribution in [0.2, 0.25) is 0 Å². The Morgan fingerprint density at radius 3 is 1.93 bits per heavy atom. The highest BCUT2D eigenvalue weighted by molar-refractivity contribution is 4.73. The molecule has 0 saturated heterocycles. The number of rotatable bonds is 8. The van der Waals surface area contributed by atoms with E-state index in [0.29, 0.717) is 12.1 Å². The van der Waals surface area contributed by atoms with Crippen molar-refractivity contribution >= 4 is 0 Å². The Morgan fingerprint density at radius 1 is 1.07 bits per heavy atom. The summed E-state index contributed by atoms with van der Waals surface area (Å²) in [5.41, 5.74) is 2.06. The molecule has 0 aromatic rings. The fraction of sp³-hybridized carbons (Fsp3) is 1.00. The molecule has 0 aliphatic carbocycles. The maximum absolute atomic E-state index is 5.53. The van der Waals surface area contributed by atoms with E-state index < -0.39 is 0 Å². The molecule has 14 heavy (non-hydrogen) atoms. The number of hydrogen-bond acceptors (Lipinski definition) is 2. The molecular formula is C10H24ClNO2. The Kier molecular flexibility index (Phi) is 11.5. The molecule has 0 amide bonds. The van der Waals surface area contributed by atoms with E-state index in [2.05, 4.69) is 20.8 Å². The van der Waals surface area contributed by atoms with E-state index in [1.165, 1.54) is 19.3 Å². The molecule has 0 aliphatic heterocycles. The monoisotopic (exact) mass is 225 g/mol. The molecule has 0 spiro atoms. The summed E-state index contributed by atoms with van der Waals surface area (Å²) in [5.74, 6) is 0. The van der Waals surface area contributed by atoms with Crippen LogP contribution in [0.3, 0.4) is 0 Å². The van der Waals surface area contributed by atoms with Crippen LogP contribution in [-0.4, -0.2) is 20.4 Å². The summed E-state index contributed by atoms with van der Waals surface area (Å²) in [5, 5.41) is 0. The zero-order valence-corrected chi connectivity index (χ0v) is 10.6. The molecule has 0 fully saturated rings. The molecule has 0 aliphatic rings. The van der Waals surface area contributed by atoms with Gasteiger partial charge in [0.05, 0.1) is 13.7 Å². The number of hydrogen-bond donors (Lipinski definition) is 1. The standard InChI is InChI=1S/C10H23NO2.ClH/c1-5-10(6-2,7-3)8-13-9-11-12-4;/h11H,5-9H2,1-4H3;1H. The van der Waals surface area contributed by atoms with E-state index in [0.717, 1.165) is 6.61 Å². The molecule has 4 heteroatoms. The van der Waals surface area contributed by atoms with Crippen molar-refractivity contribution in [2.75, 3.05) is 20.4 Å². The average molecular weight is 226 g/mol. The maximum atomic E-state index is 5.53. The van der Waals surface area contributed by atoms with Gasteiger partial charge in [-0.05, 0) is 24.7 Å². The van der Waals surface area contributed by atoms with E-state index >= 15 is 0 Å². The predicted octanol–water partition coefficient (Wildman–Crippen LogP) is -1.69. The van der Waals surface area contributed by atoms with Gasteiger partial charge < -0.3 is 17.1 Å². The molecule has 0 aromatic heterocycles. The Hall–Kier alpha value is 0.170. The van der Waals surface area contributed by atoms with Crippen LogP contribution >= 0.6 is 0 Å². The quantitative estimate of drug-likeness (QED) is 0.304. The van der Waals surface area contributed by atoms with E-state index in [4.69, 9.17) is 9.57 Å². The zero-order chi connectivity index (χ0) is 10.2. The molecule has 0 bridgehead atoms. The Morgan fingerprint density at radius 2 is 1.57 bits per heavy atom. The number of halogens is 1. The average Bonchev–Trinajstić information content (AvgIpc) is 2.20. The van der Waals surface area contributed by atoms with Gasteiger partial charge in [-0.25, -0.2) is 4.84 Å². The van der Waals surface area contributed by atoms with Crippen molar-refractivity contribution in [3.63, 3.8) is 0 Å². The van der Waals surface area contributed by atoms with Crippen LogP contribution < -0.4 is 17.9 Å². The van der Waals surface area contributed by atoms with E-state index in [1.807, 2.05) is 0 Å². The van der Waals surface area contributed by atoms with Crippen LogP contribution in [0.15, 0.2) is 0 Å². The summed E-state index contributed by atoms with van der Waals surface area (Å²) in [6.45, 7) is 8.14. The molecule has 0 unspecified atom stereocenters. The van der Waals surface area contributed by atoms with Crippen molar-refractivity contribution in [3.05, 3.63) is 0 Å². The number of hydroxylamine groups is 1. The minimum absolute atomic E-state index is 0. The molecule has 0 atom stereocenters. The van der Waals surface area contributed by atoms with Gasteiger partial charge in [-0.3, -0.25) is 0 Å². The first-order valence-electron chi connectivity index (χ1n) is 5.17. The lowest BCUT2D eigenvalue weighted by atomic mass is 9.81. The van der Waals surface area contributed by atoms with Crippen molar-refractivity contribution in [2.24, 2.45) is 5.41 Å². The third-order valence-corrected chi connectivity index (χ3v) is 3.01. The summed E-state index contributed by atoms with van der Waals surface area (Å²) in [6, 6.07) is 0. The second-order valence-electron chi connectivity index (χ2n) is 3.48. The van der Waals surface area contributed by atoms with Crippen LogP contribution in [0.1, 0.15) is 40.0 Å². The van der Waals surface area contributed by atoms with Gasteiger partial charge >= 0.3 is 0 Å². The summed E-state index contributed by atoms with van der Waals surface area (Å²) in [7, 11) is 1.65. The molecule has 0 heterocycles. The van der Waals surface area contributed by atoms with Crippen molar-refractivity contribution < 1.29 is 27.5 Å². The topological polar surface area (TPSA) is 35.1 Å². The largest absolute Gasteiger partial charge is 1.00 e. The van der Waals surface area contributed by atoms with Gasteiger partial charge in [0, 0.05) is 0 Å². The lowest BCUT2D eigenvalue weighted by Crippen LogP contribution is -3.00. The first-order chi connectivity index (χ1) is 6.24. The highest BCUT2D eigenvalue weighted by Crippen LogP contribution is 2.30. The molecule has 3 nitrogen and oxygen atoms in total. The van der Waals surface area contributed by atoms with Crippen LogP contribution in [0.5, 0.6) is 0 Å². The zero-order valence-electron chi connectivity index (χ0n) is 9.81. The fourth-order valence-electron chi connectivity index (χ4n) is 1.45. The second kappa shape index (κ2) is 9.71. The number of quaternary nitrogens is 1. The van der Waals surface area contributed by atoms with Crippen molar-refractivity contribution in [2.45, 2.75) is 40.0 Å². The first kappa shape index (κ1) is 16.6. The smallest absolute Gasteiger partial charge is 0.209 e. The van der Waals surface area contributed by atoms with Crippen molar-refractivity contribution in [3.8, 4) is 0 Å². The lowest BCUT2D eigenvalue weighted by molar-refractivity contribution is -0.907. The molecular weight excluding hydrogens is 202 g/mol. The van der Waals surface area contributed by atoms with Gasteiger partial charge in [0.25, 0.3) is 0 Å². The van der Waals surface area contributed by atoms with E-state index in [-0.39, 0.29) is 12.4 Å². The first-order valence-corrected chi connectivity index (χ1v) is 5.17. The minimum Gasteiger partial charge on any atom is -1.00 e. The predicted molar refractivity (Wildman–Crippen MR) is 53.1 cm³/mol. The van der Waals surface area contributed by atoms with Gasteiger partial charge in [-0.1, -0.05) is 20.8 Å². The van der Waals surface area contributed by atoms with Gasteiger partial charge in [0.15, 0.2) is 0 Å². The lowest BCUT2D eigenvalue weighted by Gasteiger charge is -2.29. The maximum Gasteiger partial charge on any atom is 0.209 e. The third-order valence-electron chi connectivity index (χ3n) is 3.01. The van der Waals surface area contributed by atoms with Crippen LogP contribution in [0.4, 0.5) is 0 Å². The fourth-order valence-corrected chi connectivity index (χ4v) is 1.45. The van der Waals surface area contributed by atoms with Crippen LogP contribution in [0.25, 0.3) is 0 Å². The summed E-state index contributed by atoms with van der Waals surface area (Å²) >= 11 is 0. The van der Waals surface area contributed by atoms with Gasteiger partial charge in [-0.15, -0.1) is 0 Å². The second-order valence-corrected chi connectivity index (χ2v) is 3.48. The SMILES string of the molecule is CCC(CC)(CC)COC[NH2+]OC.[Cl-]. The molecule has 0 rings (SSSR count). The minimum atomic E-state index is 0. The Bertz CT molecular complexity index is 110. The number of nitrogens with two attached hydrogens (primary N) is 1. The normalized spacial score (nSPS) is 11.1. The van der Waals surface area contributed by atoms with Gasteiger partial charge in [0.2, 0.25) is 6.73 Å². The van der Waals surface area contributed by atoms with Gasteiger partial charge in [0.1, 0.15) is 0 Å². The van der Waals surface area contributed by atoms with E-state index in [1.54, 1.807) is 12.6 Å². The third kappa shape index (κ3) is 5.81. The molecule has 0 saturated carbocycles. The van der Waals surface area contributed by atoms with E-state index in [9.17, 15) is 0 Å². The van der Waals surface area contributed by atoms with Crippen molar-refractivity contribution in [1.82, 2.24) is 0 Å². The summed E-state index contributed by atoms with van der Waals surface area (Å²) in [4.78, 5) is 4.81. The highest BCUT2D eigenvalue weighted by atomic mass is 35.5. The van der Waals surface area contributed by atoms with Gasteiger partial charge in [-0.2, -0.15) is 5.48 Å². The molecule has 88 valence electrons. The van der Waals surface area contributed by atoms with Crippen molar-refractivity contribution in [1.29, 1.82) is 0 Å². The molecule has 2 N–H and O–H groups in total. The highest BCUT2D eigenvalue weighted by Gasteiger charge is 2.24. The Balaban J connectivity index is 0.